The third-order valence-corrected chi connectivity index (χ3v) is 3.93. The summed E-state index contributed by atoms with van der Waals surface area (Å²) >= 11 is 0. The lowest BCUT2D eigenvalue weighted by Gasteiger charge is -2.22. The number of hydrogen-bond donors (Lipinski definition) is 1. The summed E-state index contributed by atoms with van der Waals surface area (Å²) < 4.78 is 0. The maximum absolute atomic E-state index is 12.0. The number of rotatable bonds is 4. The summed E-state index contributed by atoms with van der Waals surface area (Å²) in [5.74, 6) is -0.276. The molecule has 0 aromatic carbocycles. The zero-order valence-corrected chi connectivity index (χ0v) is 13.3. The minimum atomic E-state index is -0.318. The Bertz CT molecular complexity index is 736. The molecular weight excluding hydrogens is 308 g/mol. The summed E-state index contributed by atoms with van der Waals surface area (Å²) in [5.41, 5.74) is 1.65. The monoisotopic (exact) mass is 326 g/mol. The van der Waals surface area contributed by atoms with Crippen LogP contribution in [0.4, 0.5) is 0 Å². The summed E-state index contributed by atoms with van der Waals surface area (Å²) in [4.78, 5) is 42.0. The molecule has 2 amide bonds. The van der Waals surface area contributed by atoms with Gasteiger partial charge in [0.2, 0.25) is 5.91 Å². The highest BCUT2D eigenvalue weighted by molar-refractivity contribution is 5.91. The van der Waals surface area contributed by atoms with E-state index < -0.39 is 0 Å². The average molecular weight is 326 g/mol. The first-order valence-corrected chi connectivity index (χ1v) is 7.77. The van der Waals surface area contributed by atoms with Crippen LogP contribution in [0, 0.1) is 0 Å². The molecule has 0 unspecified atom stereocenters. The molecule has 0 spiro atoms. The Morgan fingerprint density at radius 3 is 2.88 bits per heavy atom. The number of amides is 2. The van der Waals surface area contributed by atoms with Gasteiger partial charge in [-0.15, -0.1) is 0 Å². The van der Waals surface area contributed by atoms with Crippen molar-refractivity contribution in [1.29, 1.82) is 0 Å². The number of likely N-dealkylation sites (tertiary alicyclic amines) is 1. The zero-order chi connectivity index (χ0) is 16.9. The normalized spacial score (nSPS) is 16.9. The Morgan fingerprint density at radius 2 is 2.12 bits per heavy atom. The van der Waals surface area contributed by atoms with Crippen molar-refractivity contribution in [2.24, 2.45) is 0 Å². The molecule has 3 heterocycles. The van der Waals surface area contributed by atoms with Crippen molar-refractivity contribution < 1.29 is 9.59 Å². The summed E-state index contributed by atoms with van der Waals surface area (Å²) in [6.07, 6.45) is 9.50. The number of nitrogens with one attached hydrogen (secondary N) is 1. The maximum atomic E-state index is 12.0. The van der Waals surface area contributed by atoms with Gasteiger partial charge < -0.3 is 10.2 Å². The third kappa shape index (κ3) is 3.53. The van der Waals surface area contributed by atoms with Crippen molar-refractivity contribution in [2.75, 3.05) is 6.54 Å². The predicted octanol–water partition coefficient (Wildman–Crippen LogP) is 0.880. The fraction of sp³-hybridized carbons (Fsp3) is 0.375. The fourth-order valence-electron chi connectivity index (χ4n) is 2.80. The molecule has 2 aromatic heterocycles. The van der Waals surface area contributed by atoms with Gasteiger partial charge in [0.1, 0.15) is 5.69 Å². The van der Waals surface area contributed by atoms with Crippen molar-refractivity contribution in [1.82, 2.24) is 30.2 Å². The van der Waals surface area contributed by atoms with Crippen LogP contribution in [0.3, 0.4) is 0 Å². The fourth-order valence-corrected chi connectivity index (χ4v) is 2.80. The van der Waals surface area contributed by atoms with Crippen molar-refractivity contribution in [3.05, 3.63) is 48.1 Å². The van der Waals surface area contributed by atoms with Crippen LogP contribution in [0.25, 0.3) is 0 Å². The highest BCUT2D eigenvalue weighted by Crippen LogP contribution is 2.30. The average Bonchev–Trinajstić information content (AvgIpc) is 3.11. The molecule has 2 aromatic rings. The lowest BCUT2D eigenvalue weighted by atomic mass is 10.1. The number of hydrogen-bond acceptors (Lipinski definition) is 6. The van der Waals surface area contributed by atoms with Gasteiger partial charge >= 0.3 is 0 Å². The predicted molar refractivity (Wildman–Crippen MR) is 84.6 cm³/mol. The summed E-state index contributed by atoms with van der Waals surface area (Å²) in [6.45, 7) is 2.55. The lowest BCUT2D eigenvalue weighted by Crippen LogP contribution is -2.29. The SMILES string of the molecule is CC(=O)N1CCC[C@H]1c1cncc(CNC(=O)c2cnccn2)n1. The van der Waals surface area contributed by atoms with Crippen LogP contribution >= 0.6 is 0 Å². The van der Waals surface area contributed by atoms with Crippen LogP contribution in [0.15, 0.2) is 31.0 Å². The van der Waals surface area contributed by atoms with Crippen molar-refractivity contribution >= 4 is 11.8 Å². The van der Waals surface area contributed by atoms with E-state index in [1.54, 1.807) is 19.3 Å². The minimum absolute atomic E-state index is 0.0364. The third-order valence-electron chi connectivity index (χ3n) is 3.93. The molecule has 0 radical (unpaired) electrons. The molecule has 8 nitrogen and oxygen atoms in total. The highest BCUT2D eigenvalue weighted by atomic mass is 16.2. The van der Waals surface area contributed by atoms with Crippen LogP contribution in [0.5, 0.6) is 0 Å². The molecule has 1 aliphatic rings. The van der Waals surface area contributed by atoms with Crippen molar-refractivity contribution in [2.45, 2.75) is 32.4 Å². The van der Waals surface area contributed by atoms with E-state index in [1.165, 1.54) is 18.6 Å². The van der Waals surface area contributed by atoms with E-state index in [0.717, 1.165) is 25.1 Å². The molecule has 0 bridgehead atoms. The van der Waals surface area contributed by atoms with E-state index in [-0.39, 0.29) is 30.1 Å². The second-order valence-electron chi connectivity index (χ2n) is 5.58. The van der Waals surface area contributed by atoms with E-state index in [1.807, 2.05) is 4.90 Å². The zero-order valence-electron chi connectivity index (χ0n) is 13.3. The van der Waals surface area contributed by atoms with Gasteiger partial charge in [-0.1, -0.05) is 0 Å². The molecule has 1 saturated heterocycles. The number of carbonyl (C=O) groups excluding carboxylic acids is 2. The second kappa shape index (κ2) is 7.12. The number of nitrogens with zero attached hydrogens (tertiary/aromatic N) is 5. The van der Waals surface area contributed by atoms with Crippen LogP contribution in [-0.4, -0.2) is 43.2 Å². The van der Waals surface area contributed by atoms with E-state index in [9.17, 15) is 9.59 Å². The topological polar surface area (TPSA) is 101 Å². The van der Waals surface area contributed by atoms with Crippen LogP contribution in [-0.2, 0) is 11.3 Å². The van der Waals surface area contributed by atoms with Crippen LogP contribution in [0.2, 0.25) is 0 Å². The highest BCUT2D eigenvalue weighted by Gasteiger charge is 2.29. The van der Waals surface area contributed by atoms with E-state index in [2.05, 4.69) is 25.3 Å². The first-order chi connectivity index (χ1) is 11.6. The largest absolute Gasteiger partial charge is 0.345 e. The molecule has 0 saturated carbocycles. The molecule has 24 heavy (non-hydrogen) atoms. The Labute approximate surface area is 139 Å². The van der Waals surface area contributed by atoms with E-state index >= 15 is 0 Å². The van der Waals surface area contributed by atoms with Gasteiger partial charge in [0.25, 0.3) is 5.91 Å². The second-order valence-corrected chi connectivity index (χ2v) is 5.58. The first-order valence-electron chi connectivity index (χ1n) is 7.77. The smallest absolute Gasteiger partial charge is 0.271 e. The number of carbonyl (C=O) groups is 2. The standard InChI is InChI=1S/C16H18N6O2/c1-11(23)22-6-2-3-15(22)13-9-18-7-12(21-13)8-20-16(24)14-10-17-4-5-19-14/h4-5,7,9-10,15H,2-3,6,8H2,1H3,(H,20,24)/t15-/m0/s1. The Kier molecular flexibility index (Phi) is 4.74. The molecule has 8 heteroatoms. The van der Waals surface area contributed by atoms with Gasteiger partial charge in [-0.2, -0.15) is 0 Å². The molecule has 3 rings (SSSR count). The minimum Gasteiger partial charge on any atom is -0.345 e. The van der Waals surface area contributed by atoms with Gasteiger partial charge in [0, 0.05) is 25.9 Å². The van der Waals surface area contributed by atoms with Crippen LogP contribution in [0.1, 0.15) is 47.7 Å². The van der Waals surface area contributed by atoms with Gasteiger partial charge in [0.15, 0.2) is 0 Å². The molecule has 1 aliphatic heterocycles. The molecule has 0 aliphatic carbocycles. The summed E-state index contributed by atoms with van der Waals surface area (Å²) in [6, 6.07) is -0.0364. The maximum Gasteiger partial charge on any atom is 0.271 e. The Hall–Kier alpha value is -2.90. The molecule has 1 fully saturated rings. The van der Waals surface area contributed by atoms with Crippen LogP contribution < -0.4 is 5.32 Å². The summed E-state index contributed by atoms with van der Waals surface area (Å²) in [5, 5.41) is 2.74. The lowest BCUT2D eigenvalue weighted by molar-refractivity contribution is -0.129. The van der Waals surface area contributed by atoms with E-state index in [0.29, 0.717) is 5.69 Å². The van der Waals surface area contributed by atoms with Crippen molar-refractivity contribution in [3.63, 3.8) is 0 Å². The van der Waals surface area contributed by atoms with Gasteiger partial charge in [-0.3, -0.25) is 24.5 Å². The number of aromatic nitrogens is 4. The van der Waals surface area contributed by atoms with Gasteiger partial charge in [0.05, 0.1) is 42.6 Å². The van der Waals surface area contributed by atoms with Gasteiger partial charge in [-0.05, 0) is 12.8 Å². The van der Waals surface area contributed by atoms with E-state index in [4.69, 9.17) is 0 Å². The van der Waals surface area contributed by atoms with Gasteiger partial charge in [-0.25, -0.2) is 4.98 Å². The quantitative estimate of drug-likeness (QED) is 0.895. The Morgan fingerprint density at radius 1 is 1.25 bits per heavy atom. The Balaban J connectivity index is 1.67. The first kappa shape index (κ1) is 16.0. The molecule has 1 N–H and O–H groups in total. The molecule has 1 atom stereocenters. The molecular formula is C16H18N6O2. The summed E-state index contributed by atoms with van der Waals surface area (Å²) in [7, 11) is 0. The molecule has 124 valence electrons. The van der Waals surface area contributed by atoms with Crippen molar-refractivity contribution in [3.8, 4) is 0 Å².